The van der Waals surface area contributed by atoms with Crippen molar-refractivity contribution in [3.05, 3.63) is 0 Å². The predicted octanol–water partition coefficient (Wildman–Crippen LogP) is 1.12. The van der Waals surface area contributed by atoms with Crippen molar-refractivity contribution in [3.8, 4) is 0 Å². The van der Waals surface area contributed by atoms with Crippen LogP contribution in [-0.2, 0) is 9.57 Å². The molecule has 0 aromatic rings. The third kappa shape index (κ3) is 2.00. The van der Waals surface area contributed by atoms with E-state index in [9.17, 15) is 0 Å². The lowest BCUT2D eigenvalue weighted by molar-refractivity contribution is -0.00193. The second-order valence-corrected chi connectivity index (χ2v) is 4.57. The van der Waals surface area contributed by atoms with Crippen LogP contribution in [0.5, 0.6) is 0 Å². The average molecular weight is 198 g/mol. The molecular formula is C10H18N2O2. The predicted molar refractivity (Wildman–Crippen MR) is 54.1 cm³/mol. The monoisotopic (exact) mass is 198 g/mol. The fourth-order valence-electron chi connectivity index (χ4n) is 1.78. The molecule has 0 aromatic heterocycles. The van der Waals surface area contributed by atoms with Crippen molar-refractivity contribution in [1.82, 2.24) is 5.32 Å². The highest BCUT2D eigenvalue weighted by atomic mass is 16.7. The maximum absolute atomic E-state index is 5.55. The SMILES string of the molecule is CC(C)COC1=NOC2(CCNC2)C1. The van der Waals surface area contributed by atoms with E-state index in [2.05, 4.69) is 24.3 Å². The van der Waals surface area contributed by atoms with Crippen LogP contribution in [0, 0.1) is 5.92 Å². The smallest absolute Gasteiger partial charge is 0.229 e. The Balaban J connectivity index is 1.81. The molecule has 2 aliphatic heterocycles. The van der Waals surface area contributed by atoms with E-state index in [1.54, 1.807) is 0 Å². The van der Waals surface area contributed by atoms with Crippen molar-refractivity contribution in [1.29, 1.82) is 0 Å². The lowest BCUT2D eigenvalue weighted by Crippen LogP contribution is -2.32. The Kier molecular flexibility index (Phi) is 2.63. The van der Waals surface area contributed by atoms with Crippen LogP contribution < -0.4 is 5.32 Å². The Hall–Kier alpha value is -0.770. The Bertz CT molecular complexity index is 232. The molecule has 2 aliphatic rings. The van der Waals surface area contributed by atoms with E-state index in [0.29, 0.717) is 5.92 Å². The molecule has 1 saturated heterocycles. The Labute approximate surface area is 84.6 Å². The highest BCUT2D eigenvalue weighted by Gasteiger charge is 2.42. The van der Waals surface area contributed by atoms with Gasteiger partial charge in [-0.2, -0.15) is 0 Å². The highest BCUT2D eigenvalue weighted by Crippen LogP contribution is 2.30. The highest BCUT2D eigenvalue weighted by molar-refractivity contribution is 5.78. The van der Waals surface area contributed by atoms with Crippen LogP contribution in [0.1, 0.15) is 26.7 Å². The molecule has 14 heavy (non-hydrogen) atoms. The van der Waals surface area contributed by atoms with Crippen molar-refractivity contribution in [2.24, 2.45) is 11.1 Å². The summed E-state index contributed by atoms with van der Waals surface area (Å²) in [5, 5.41) is 7.28. The molecule has 0 aliphatic carbocycles. The summed E-state index contributed by atoms with van der Waals surface area (Å²) in [6.07, 6.45) is 1.86. The minimum absolute atomic E-state index is 0.0910. The maximum Gasteiger partial charge on any atom is 0.229 e. The molecule has 0 aromatic carbocycles. The minimum atomic E-state index is -0.0910. The van der Waals surface area contributed by atoms with E-state index >= 15 is 0 Å². The van der Waals surface area contributed by atoms with Crippen LogP contribution in [0.4, 0.5) is 0 Å². The number of hydrogen-bond donors (Lipinski definition) is 1. The number of oxime groups is 1. The zero-order chi connectivity index (χ0) is 10.0. The lowest BCUT2D eigenvalue weighted by atomic mass is 10.00. The van der Waals surface area contributed by atoms with Gasteiger partial charge in [-0.3, -0.25) is 0 Å². The van der Waals surface area contributed by atoms with Crippen LogP contribution in [0.15, 0.2) is 5.16 Å². The molecule has 80 valence electrons. The molecule has 1 N–H and O–H groups in total. The summed E-state index contributed by atoms with van der Waals surface area (Å²) in [4.78, 5) is 5.45. The Morgan fingerprint density at radius 2 is 2.50 bits per heavy atom. The molecule has 1 fully saturated rings. The average Bonchev–Trinajstić information content (AvgIpc) is 2.74. The van der Waals surface area contributed by atoms with Gasteiger partial charge in [0.1, 0.15) is 0 Å². The summed E-state index contributed by atoms with van der Waals surface area (Å²) in [5.41, 5.74) is -0.0910. The molecule has 1 unspecified atom stereocenters. The second-order valence-electron chi connectivity index (χ2n) is 4.57. The molecule has 0 saturated carbocycles. The van der Waals surface area contributed by atoms with Gasteiger partial charge in [-0.15, -0.1) is 0 Å². The van der Waals surface area contributed by atoms with E-state index in [1.807, 2.05) is 0 Å². The number of hydrogen-bond acceptors (Lipinski definition) is 4. The zero-order valence-electron chi connectivity index (χ0n) is 8.88. The van der Waals surface area contributed by atoms with E-state index in [4.69, 9.17) is 9.57 Å². The third-order valence-corrected chi connectivity index (χ3v) is 2.60. The summed E-state index contributed by atoms with van der Waals surface area (Å²) in [7, 11) is 0. The number of nitrogens with one attached hydrogen (secondary N) is 1. The standard InChI is InChI=1S/C10H18N2O2/c1-8(2)6-13-9-5-10(14-12-9)3-4-11-7-10/h8,11H,3-7H2,1-2H3. The zero-order valence-corrected chi connectivity index (χ0v) is 8.88. The molecule has 2 heterocycles. The first-order chi connectivity index (χ1) is 6.70. The van der Waals surface area contributed by atoms with Crippen LogP contribution in [0.25, 0.3) is 0 Å². The summed E-state index contributed by atoms with van der Waals surface area (Å²) in [6.45, 7) is 6.90. The van der Waals surface area contributed by atoms with Gasteiger partial charge in [0.15, 0.2) is 5.60 Å². The van der Waals surface area contributed by atoms with Crippen molar-refractivity contribution in [2.45, 2.75) is 32.3 Å². The van der Waals surface area contributed by atoms with Crippen molar-refractivity contribution >= 4 is 5.90 Å². The minimum Gasteiger partial charge on any atom is -0.478 e. The summed E-state index contributed by atoms with van der Waals surface area (Å²) in [5.74, 6) is 1.30. The fourth-order valence-corrected chi connectivity index (χ4v) is 1.78. The lowest BCUT2D eigenvalue weighted by Gasteiger charge is -2.17. The Morgan fingerprint density at radius 1 is 1.64 bits per heavy atom. The van der Waals surface area contributed by atoms with Gasteiger partial charge in [0.25, 0.3) is 0 Å². The van der Waals surface area contributed by atoms with Gasteiger partial charge in [-0.05, 0) is 12.5 Å². The summed E-state index contributed by atoms with van der Waals surface area (Å²) < 4.78 is 5.55. The molecular weight excluding hydrogens is 180 g/mol. The van der Waals surface area contributed by atoms with Gasteiger partial charge in [-0.25, -0.2) is 0 Å². The summed E-state index contributed by atoms with van der Waals surface area (Å²) >= 11 is 0. The van der Waals surface area contributed by atoms with Gasteiger partial charge < -0.3 is 14.9 Å². The van der Waals surface area contributed by atoms with Crippen molar-refractivity contribution in [3.63, 3.8) is 0 Å². The first-order valence-corrected chi connectivity index (χ1v) is 5.29. The molecule has 0 bridgehead atoms. The maximum atomic E-state index is 5.55. The van der Waals surface area contributed by atoms with E-state index in [1.165, 1.54) is 0 Å². The Morgan fingerprint density at radius 3 is 3.14 bits per heavy atom. The fraction of sp³-hybridized carbons (Fsp3) is 0.900. The number of rotatable bonds is 2. The van der Waals surface area contributed by atoms with Crippen molar-refractivity contribution < 1.29 is 9.57 Å². The first-order valence-electron chi connectivity index (χ1n) is 5.29. The van der Waals surface area contributed by atoms with Crippen LogP contribution in [0.3, 0.4) is 0 Å². The molecule has 4 heteroatoms. The van der Waals surface area contributed by atoms with Gasteiger partial charge in [0.05, 0.1) is 13.0 Å². The van der Waals surface area contributed by atoms with Gasteiger partial charge in [0, 0.05) is 13.0 Å². The van der Waals surface area contributed by atoms with Gasteiger partial charge >= 0.3 is 0 Å². The van der Waals surface area contributed by atoms with Gasteiger partial charge in [0.2, 0.25) is 5.90 Å². The normalized spacial score (nSPS) is 30.9. The largest absolute Gasteiger partial charge is 0.478 e. The van der Waals surface area contributed by atoms with Crippen LogP contribution in [-0.4, -0.2) is 31.2 Å². The molecule has 4 nitrogen and oxygen atoms in total. The van der Waals surface area contributed by atoms with Gasteiger partial charge in [-0.1, -0.05) is 19.0 Å². The van der Waals surface area contributed by atoms with E-state index in [0.717, 1.165) is 38.4 Å². The molecule has 0 radical (unpaired) electrons. The van der Waals surface area contributed by atoms with Crippen LogP contribution >= 0.6 is 0 Å². The molecule has 1 atom stereocenters. The molecule has 0 amide bonds. The second kappa shape index (κ2) is 3.77. The van der Waals surface area contributed by atoms with Crippen LogP contribution in [0.2, 0.25) is 0 Å². The number of nitrogens with zero attached hydrogens (tertiary/aromatic N) is 1. The quantitative estimate of drug-likeness (QED) is 0.723. The van der Waals surface area contributed by atoms with E-state index in [-0.39, 0.29) is 5.60 Å². The summed E-state index contributed by atoms with van der Waals surface area (Å²) in [6, 6.07) is 0. The van der Waals surface area contributed by atoms with E-state index < -0.39 is 0 Å². The number of ether oxygens (including phenoxy) is 1. The third-order valence-electron chi connectivity index (χ3n) is 2.60. The first kappa shape index (κ1) is 9.77. The topological polar surface area (TPSA) is 42.9 Å². The molecule has 1 spiro atoms. The van der Waals surface area contributed by atoms with Crippen molar-refractivity contribution in [2.75, 3.05) is 19.7 Å². The molecule has 2 rings (SSSR count).